The molecule has 2 heterocycles. The number of nitrogens with two attached hydrogens (primary N) is 1. The summed E-state index contributed by atoms with van der Waals surface area (Å²) in [5.74, 6) is 0.985. The highest BCUT2D eigenvalue weighted by Gasteiger charge is 2.52. The van der Waals surface area contributed by atoms with Gasteiger partial charge >= 0.3 is 0 Å². The molecule has 18 heavy (non-hydrogen) atoms. The van der Waals surface area contributed by atoms with Crippen LogP contribution in [0.15, 0.2) is 12.7 Å². The second-order valence-corrected chi connectivity index (χ2v) is 5.12. The van der Waals surface area contributed by atoms with Crippen LogP contribution in [0.25, 0.3) is 11.2 Å². The second-order valence-electron chi connectivity index (χ2n) is 4.78. The molecule has 1 saturated carbocycles. The van der Waals surface area contributed by atoms with Crippen molar-refractivity contribution in [1.29, 1.82) is 0 Å². The van der Waals surface area contributed by atoms with Gasteiger partial charge in [0.25, 0.3) is 0 Å². The maximum Gasteiger partial charge on any atom is 0.165 e. The summed E-state index contributed by atoms with van der Waals surface area (Å²) < 4.78 is 7.84. The Morgan fingerprint density at radius 3 is 3.00 bits per heavy atom. The summed E-state index contributed by atoms with van der Waals surface area (Å²) in [4.78, 5) is 12.5. The zero-order chi connectivity index (χ0) is 12.8. The predicted molar refractivity (Wildman–Crippen MR) is 71.9 cm³/mol. The Kier molecular flexibility index (Phi) is 2.72. The molecule has 2 N–H and O–H groups in total. The molecule has 1 aliphatic carbocycles. The van der Waals surface area contributed by atoms with E-state index in [0.717, 1.165) is 18.6 Å². The minimum absolute atomic E-state index is 0.0743. The zero-order valence-corrected chi connectivity index (χ0v) is 11.4. The van der Waals surface area contributed by atoms with Crippen molar-refractivity contribution in [3.8, 4) is 0 Å². The van der Waals surface area contributed by atoms with Gasteiger partial charge in [-0.15, -0.1) is 9.24 Å². The summed E-state index contributed by atoms with van der Waals surface area (Å²) in [5.41, 5.74) is 7.13. The van der Waals surface area contributed by atoms with Crippen LogP contribution in [0.2, 0.25) is 0 Å². The number of hydrogen-bond donors (Lipinski definition) is 1. The highest BCUT2D eigenvalue weighted by atomic mass is 31.0. The molecule has 0 spiro atoms. The van der Waals surface area contributed by atoms with Gasteiger partial charge in [-0.2, -0.15) is 0 Å². The van der Waals surface area contributed by atoms with Gasteiger partial charge in [-0.05, 0) is 12.3 Å². The van der Waals surface area contributed by atoms with E-state index in [2.05, 4.69) is 31.1 Å². The molecule has 3 rings (SSSR count). The molecule has 2 aromatic rings. The van der Waals surface area contributed by atoms with Crippen LogP contribution >= 0.6 is 9.24 Å². The van der Waals surface area contributed by atoms with E-state index in [1.165, 1.54) is 6.33 Å². The molecule has 2 aromatic heterocycles. The topological polar surface area (TPSA) is 78.9 Å². The van der Waals surface area contributed by atoms with Gasteiger partial charge in [0.1, 0.15) is 11.8 Å². The first-order chi connectivity index (χ1) is 8.66. The molecule has 0 amide bonds. The molecular weight excluding hydrogens is 249 g/mol. The normalized spacial score (nSPS) is 26.7. The maximum absolute atomic E-state index is 5.84. The number of imidazole rings is 1. The van der Waals surface area contributed by atoms with E-state index in [9.17, 15) is 0 Å². The number of ether oxygens (including phenoxy) is 1. The van der Waals surface area contributed by atoms with Crippen molar-refractivity contribution in [2.24, 2.45) is 5.92 Å². The van der Waals surface area contributed by atoms with Crippen molar-refractivity contribution in [2.45, 2.75) is 25.5 Å². The first kappa shape index (κ1) is 11.8. The predicted octanol–water partition coefficient (Wildman–Crippen LogP) is 1.04. The third kappa shape index (κ3) is 1.76. The number of hydrogen-bond acceptors (Lipinski definition) is 5. The van der Waals surface area contributed by atoms with Crippen molar-refractivity contribution in [3.05, 3.63) is 12.7 Å². The van der Waals surface area contributed by atoms with E-state index in [0.29, 0.717) is 23.6 Å². The molecule has 0 bridgehead atoms. The van der Waals surface area contributed by atoms with Gasteiger partial charge in [0, 0.05) is 0 Å². The van der Waals surface area contributed by atoms with Crippen molar-refractivity contribution in [3.63, 3.8) is 0 Å². The number of fused-ring (bicyclic) bond motifs is 1. The van der Waals surface area contributed by atoms with Gasteiger partial charge in [-0.25, -0.2) is 15.0 Å². The third-order valence-electron chi connectivity index (χ3n) is 3.63. The number of nitrogens with zero attached hydrogens (tertiary/aromatic N) is 4. The van der Waals surface area contributed by atoms with Gasteiger partial charge in [0.15, 0.2) is 11.5 Å². The fourth-order valence-corrected chi connectivity index (χ4v) is 2.73. The number of nitrogen functional groups attached to an aromatic ring is 1. The summed E-state index contributed by atoms with van der Waals surface area (Å²) in [7, 11) is 2.60. The van der Waals surface area contributed by atoms with Crippen LogP contribution in [0.1, 0.15) is 13.3 Å². The van der Waals surface area contributed by atoms with E-state index in [-0.39, 0.29) is 5.60 Å². The molecule has 96 valence electrons. The Hall–Kier alpha value is -1.26. The van der Waals surface area contributed by atoms with Gasteiger partial charge in [0.2, 0.25) is 0 Å². The van der Waals surface area contributed by atoms with E-state index >= 15 is 0 Å². The van der Waals surface area contributed by atoms with Gasteiger partial charge in [0.05, 0.1) is 24.8 Å². The molecule has 0 aromatic carbocycles. The standard InChI is InChI=1S/C11H16N5OP/c1-7-2-11(7,17-6-18)3-16-5-15-8-9(12)13-4-14-10(8)16/h4-5,7H,2-3,6,18H2,1H3,(H2,12,13,14). The highest BCUT2D eigenvalue weighted by molar-refractivity contribution is 7.16. The van der Waals surface area contributed by atoms with Crippen LogP contribution in [0.3, 0.4) is 0 Å². The average Bonchev–Trinajstić information content (AvgIpc) is 2.78. The van der Waals surface area contributed by atoms with E-state index in [4.69, 9.17) is 10.5 Å². The van der Waals surface area contributed by atoms with Crippen molar-refractivity contribution in [2.75, 3.05) is 12.1 Å². The Labute approximate surface area is 107 Å². The monoisotopic (exact) mass is 265 g/mol. The lowest BCUT2D eigenvalue weighted by atomic mass is 10.2. The van der Waals surface area contributed by atoms with Crippen LogP contribution in [0.5, 0.6) is 0 Å². The summed E-state index contributed by atoms with van der Waals surface area (Å²) >= 11 is 0. The van der Waals surface area contributed by atoms with E-state index < -0.39 is 0 Å². The van der Waals surface area contributed by atoms with Crippen LogP contribution in [0, 0.1) is 5.92 Å². The highest BCUT2D eigenvalue weighted by Crippen LogP contribution is 2.48. The third-order valence-corrected chi connectivity index (χ3v) is 3.79. The minimum Gasteiger partial charge on any atom is -0.382 e. The van der Waals surface area contributed by atoms with Crippen LogP contribution in [-0.2, 0) is 11.3 Å². The maximum atomic E-state index is 5.84. The average molecular weight is 265 g/mol. The molecule has 7 heteroatoms. The van der Waals surface area contributed by atoms with Crippen LogP contribution < -0.4 is 5.73 Å². The molecule has 0 aliphatic heterocycles. The van der Waals surface area contributed by atoms with E-state index in [1.54, 1.807) is 6.33 Å². The number of aromatic nitrogens is 4. The summed E-state index contributed by atoms with van der Waals surface area (Å²) in [5, 5.41) is 0. The number of rotatable bonds is 4. The zero-order valence-electron chi connectivity index (χ0n) is 10.2. The van der Waals surface area contributed by atoms with Crippen LogP contribution in [-0.4, -0.2) is 31.5 Å². The summed E-state index contributed by atoms with van der Waals surface area (Å²) in [6.07, 6.45) is 4.94. The smallest absolute Gasteiger partial charge is 0.165 e. The molecule has 3 atom stereocenters. The van der Waals surface area contributed by atoms with Gasteiger partial charge in [-0.1, -0.05) is 6.92 Å². The lowest BCUT2D eigenvalue weighted by molar-refractivity contribution is 0.0421. The van der Waals surface area contributed by atoms with Crippen LogP contribution in [0.4, 0.5) is 5.82 Å². The molecule has 1 aliphatic rings. The SMILES string of the molecule is CC1CC1(Cn1cnc2c(N)ncnc21)OCP. The van der Waals surface area contributed by atoms with Gasteiger partial charge in [-0.3, -0.25) is 0 Å². The molecular formula is C11H16N5OP. The Morgan fingerprint density at radius 1 is 1.56 bits per heavy atom. The summed E-state index contributed by atoms with van der Waals surface area (Å²) in [6, 6.07) is 0. The lowest BCUT2D eigenvalue weighted by Crippen LogP contribution is -2.23. The fraction of sp³-hybridized carbons (Fsp3) is 0.545. The quantitative estimate of drug-likeness (QED) is 0.835. The lowest BCUT2D eigenvalue weighted by Gasteiger charge is -2.17. The molecule has 3 unspecified atom stereocenters. The van der Waals surface area contributed by atoms with E-state index in [1.807, 2.05) is 4.57 Å². The van der Waals surface area contributed by atoms with Crippen molar-refractivity contribution >= 4 is 26.2 Å². The molecule has 0 saturated heterocycles. The minimum atomic E-state index is -0.0743. The molecule has 6 nitrogen and oxygen atoms in total. The first-order valence-corrected chi connectivity index (χ1v) is 6.73. The first-order valence-electron chi connectivity index (χ1n) is 5.91. The number of anilines is 1. The Bertz CT molecular complexity index is 586. The van der Waals surface area contributed by atoms with Crippen molar-refractivity contribution < 1.29 is 4.74 Å². The molecule has 0 radical (unpaired) electrons. The molecule has 1 fully saturated rings. The van der Waals surface area contributed by atoms with Crippen molar-refractivity contribution in [1.82, 2.24) is 19.5 Å². The Morgan fingerprint density at radius 2 is 2.33 bits per heavy atom. The van der Waals surface area contributed by atoms with Gasteiger partial charge < -0.3 is 15.0 Å². The fourth-order valence-electron chi connectivity index (χ4n) is 2.40. The largest absolute Gasteiger partial charge is 0.382 e. The summed E-state index contributed by atoms with van der Waals surface area (Å²) in [6.45, 7) is 2.96. The second kappa shape index (κ2) is 4.14. The Balaban J connectivity index is 1.94.